The summed E-state index contributed by atoms with van der Waals surface area (Å²) in [6.45, 7) is 4.65. The molecule has 1 aliphatic heterocycles. The van der Waals surface area contributed by atoms with E-state index in [1.165, 1.54) is 4.90 Å². The molecule has 1 saturated heterocycles. The van der Waals surface area contributed by atoms with Crippen molar-refractivity contribution < 1.29 is 14.3 Å². The van der Waals surface area contributed by atoms with Crippen molar-refractivity contribution in [2.24, 2.45) is 11.1 Å². The smallest absolute Gasteiger partial charge is 0.239 e. The fourth-order valence-electron chi connectivity index (χ4n) is 2.31. The lowest BCUT2D eigenvalue weighted by atomic mass is 9.78. The minimum atomic E-state index is -0.875. The van der Waals surface area contributed by atoms with Gasteiger partial charge >= 0.3 is 0 Å². The number of hydrogen-bond donors (Lipinski definition) is 2. The van der Waals surface area contributed by atoms with Crippen LogP contribution in [0.15, 0.2) is 0 Å². The molecule has 0 spiro atoms. The van der Waals surface area contributed by atoms with Crippen molar-refractivity contribution in [1.29, 1.82) is 0 Å². The molecule has 7 heteroatoms. The van der Waals surface area contributed by atoms with Crippen LogP contribution in [0.5, 0.6) is 0 Å². The van der Waals surface area contributed by atoms with Gasteiger partial charge in [0.15, 0.2) is 0 Å². The van der Waals surface area contributed by atoms with E-state index in [4.69, 9.17) is 22.7 Å². The van der Waals surface area contributed by atoms with Crippen LogP contribution in [0.25, 0.3) is 0 Å². The predicted octanol–water partition coefficient (Wildman–Crippen LogP) is 0.0523. The largest absolute Gasteiger partial charge is 0.392 e. The van der Waals surface area contributed by atoms with Gasteiger partial charge in [-0.05, 0) is 26.7 Å². The molecule has 1 fully saturated rings. The summed E-state index contributed by atoms with van der Waals surface area (Å²) in [7, 11) is 1.59. The molecule has 0 unspecified atom stereocenters. The normalized spacial score (nSPS) is 17.6. The molecule has 114 valence electrons. The molecule has 0 bridgehead atoms. The lowest BCUT2D eigenvalue weighted by molar-refractivity contribution is -0.143. The Labute approximate surface area is 125 Å². The van der Waals surface area contributed by atoms with E-state index in [1.807, 2.05) is 13.8 Å². The third-order valence-corrected chi connectivity index (χ3v) is 3.80. The summed E-state index contributed by atoms with van der Waals surface area (Å²) in [6, 6.07) is 0.0404. The number of hydrogen-bond acceptors (Lipinski definition) is 4. The number of carbonyl (C=O) groups excluding carboxylic acids is 2. The van der Waals surface area contributed by atoms with Crippen molar-refractivity contribution >= 4 is 29.0 Å². The molecule has 1 heterocycles. The molecule has 0 aromatic heterocycles. The van der Waals surface area contributed by atoms with Crippen LogP contribution in [0, 0.1) is 5.41 Å². The Bertz CT molecular complexity index is 392. The van der Waals surface area contributed by atoms with Gasteiger partial charge in [0.05, 0.1) is 11.5 Å². The van der Waals surface area contributed by atoms with Crippen LogP contribution in [0.3, 0.4) is 0 Å². The Morgan fingerprint density at radius 1 is 1.40 bits per heavy atom. The van der Waals surface area contributed by atoms with Crippen molar-refractivity contribution in [2.75, 3.05) is 26.8 Å². The van der Waals surface area contributed by atoms with Gasteiger partial charge in [-0.1, -0.05) is 12.2 Å². The highest BCUT2D eigenvalue weighted by Crippen LogP contribution is 2.32. The van der Waals surface area contributed by atoms with E-state index >= 15 is 0 Å². The summed E-state index contributed by atoms with van der Waals surface area (Å²) in [5.41, 5.74) is 4.91. The summed E-state index contributed by atoms with van der Waals surface area (Å²) in [5, 5.41) is 2.75. The summed E-state index contributed by atoms with van der Waals surface area (Å²) in [6.07, 6.45) is 0.939. The minimum absolute atomic E-state index is 0.00222. The second-order valence-corrected chi connectivity index (χ2v) is 5.88. The molecule has 1 rings (SSSR count). The lowest BCUT2D eigenvalue weighted by Crippen LogP contribution is -2.54. The highest BCUT2D eigenvalue weighted by atomic mass is 32.1. The van der Waals surface area contributed by atoms with Crippen molar-refractivity contribution in [3.05, 3.63) is 0 Å². The SMILES string of the molecule is CC(C)NC(=O)CN(C)C(=O)C1(C(N)=S)CCOCC1. The lowest BCUT2D eigenvalue weighted by Gasteiger charge is -2.37. The number of amides is 2. The Kier molecular flexibility index (Phi) is 5.88. The van der Waals surface area contributed by atoms with Gasteiger partial charge in [0.1, 0.15) is 5.41 Å². The average molecular weight is 301 g/mol. The fraction of sp³-hybridized carbons (Fsp3) is 0.769. The minimum Gasteiger partial charge on any atom is -0.392 e. The zero-order valence-corrected chi connectivity index (χ0v) is 13.1. The number of nitrogens with zero attached hydrogens (tertiary/aromatic N) is 1. The van der Waals surface area contributed by atoms with Gasteiger partial charge in [-0.2, -0.15) is 0 Å². The quantitative estimate of drug-likeness (QED) is 0.701. The zero-order valence-electron chi connectivity index (χ0n) is 12.3. The first-order valence-electron chi connectivity index (χ1n) is 6.72. The van der Waals surface area contributed by atoms with Gasteiger partial charge in [-0.25, -0.2) is 0 Å². The third-order valence-electron chi connectivity index (χ3n) is 3.40. The summed E-state index contributed by atoms with van der Waals surface area (Å²) in [5.74, 6) is -0.395. The Hall–Kier alpha value is -1.21. The maximum atomic E-state index is 12.6. The molecular formula is C13H23N3O3S. The van der Waals surface area contributed by atoms with E-state index in [9.17, 15) is 9.59 Å². The van der Waals surface area contributed by atoms with E-state index in [0.29, 0.717) is 26.1 Å². The highest BCUT2D eigenvalue weighted by molar-refractivity contribution is 7.80. The van der Waals surface area contributed by atoms with Gasteiger partial charge in [-0.3, -0.25) is 9.59 Å². The maximum absolute atomic E-state index is 12.6. The second-order valence-electron chi connectivity index (χ2n) is 5.44. The van der Waals surface area contributed by atoms with Crippen molar-refractivity contribution in [1.82, 2.24) is 10.2 Å². The summed E-state index contributed by atoms with van der Waals surface area (Å²) < 4.78 is 5.27. The first-order chi connectivity index (χ1) is 9.29. The number of nitrogens with two attached hydrogens (primary N) is 1. The van der Waals surface area contributed by atoms with E-state index in [2.05, 4.69) is 5.32 Å². The molecule has 0 aromatic carbocycles. The van der Waals surface area contributed by atoms with Gasteiger partial charge < -0.3 is 20.7 Å². The number of thiocarbonyl (C=S) groups is 1. The number of ether oxygens (including phenoxy) is 1. The van der Waals surface area contributed by atoms with Crippen LogP contribution >= 0.6 is 12.2 Å². The van der Waals surface area contributed by atoms with E-state index in [1.54, 1.807) is 7.05 Å². The molecule has 0 atom stereocenters. The molecule has 0 aliphatic carbocycles. The van der Waals surface area contributed by atoms with Crippen LogP contribution in [0.1, 0.15) is 26.7 Å². The molecule has 20 heavy (non-hydrogen) atoms. The van der Waals surface area contributed by atoms with E-state index in [-0.39, 0.29) is 29.4 Å². The van der Waals surface area contributed by atoms with Crippen LogP contribution in [-0.4, -0.2) is 54.6 Å². The predicted molar refractivity (Wildman–Crippen MR) is 80.2 cm³/mol. The second kappa shape index (κ2) is 6.99. The summed E-state index contributed by atoms with van der Waals surface area (Å²) in [4.78, 5) is 25.9. The molecule has 0 radical (unpaired) electrons. The molecular weight excluding hydrogens is 278 g/mol. The van der Waals surface area contributed by atoms with Crippen LogP contribution < -0.4 is 11.1 Å². The number of likely N-dealkylation sites (N-methyl/N-ethyl adjacent to an activating group) is 1. The van der Waals surface area contributed by atoms with Gasteiger partial charge in [0.25, 0.3) is 0 Å². The molecule has 6 nitrogen and oxygen atoms in total. The molecule has 2 amide bonds. The number of nitrogens with one attached hydrogen (secondary N) is 1. The van der Waals surface area contributed by atoms with E-state index < -0.39 is 5.41 Å². The Morgan fingerprint density at radius 2 is 1.95 bits per heavy atom. The third kappa shape index (κ3) is 3.89. The first kappa shape index (κ1) is 16.8. The average Bonchev–Trinajstić information content (AvgIpc) is 2.37. The van der Waals surface area contributed by atoms with Crippen molar-refractivity contribution in [3.63, 3.8) is 0 Å². The standard InChI is InChI=1S/C13H23N3O3S/c1-9(2)15-10(17)8-16(3)12(18)13(11(14)20)4-6-19-7-5-13/h9H,4-8H2,1-3H3,(H2,14,20)(H,15,17). The van der Waals surface area contributed by atoms with Crippen LogP contribution in [0.2, 0.25) is 0 Å². The maximum Gasteiger partial charge on any atom is 0.239 e. The summed E-state index contributed by atoms with van der Waals surface area (Å²) >= 11 is 5.08. The molecule has 1 aliphatic rings. The van der Waals surface area contributed by atoms with Gasteiger partial charge in [-0.15, -0.1) is 0 Å². The van der Waals surface area contributed by atoms with Gasteiger partial charge in [0.2, 0.25) is 11.8 Å². The van der Waals surface area contributed by atoms with Crippen LogP contribution in [-0.2, 0) is 14.3 Å². The zero-order chi connectivity index (χ0) is 15.3. The monoisotopic (exact) mass is 301 g/mol. The topological polar surface area (TPSA) is 84.7 Å². The highest BCUT2D eigenvalue weighted by Gasteiger charge is 2.44. The van der Waals surface area contributed by atoms with Gasteiger partial charge in [0, 0.05) is 26.3 Å². The van der Waals surface area contributed by atoms with Crippen molar-refractivity contribution in [3.8, 4) is 0 Å². The molecule has 0 saturated carbocycles. The fourth-order valence-corrected chi connectivity index (χ4v) is 2.60. The Morgan fingerprint density at radius 3 is 2.40 bits per heavy atom. The first-order valence-corrected chi connectivity index (χ1v) is 7.13. The molecule has 3 N–H and O–H groups in total. The number of rotatable bonds is 5. The van der Waals surface area contributed by atoms with Crippen LogP contribution in [0.4, 0.5) is 0 Å². The van der Waals surface area contributed by atoms with E-state index in [0.717, 1.165) is 0 Å². The Balaban J connectivity index is 2.74. The van der Waals surface area contributed by atoms with Crippen molar-refractivity contribution in [2.45, 2.75) is 32.7 Å². The number of carbonyl (C=O) groups is 2. The molecule has 0 aromatic rings.